The zero-order valence-corrected chi connectivity index (χ0v) is 12.3. The summed E-state index contributed by atoms with van der Waals surface area (Å²) in [6.45, 7) is 6.34. The molecule has 0 bridgehead atoms. The maximum atomic E-state index is 13.3. The van der Waals surface area contributed by atoms with Gasteiger partial charge in [0.05, 0.1) is 0 Å². The van der Waals surface area contributed by atoms with Crippen LogP contribution in [0.25, 0.3) is 0 Å². The van der Waals surface area contributed by atoms with Gasteiger partial charge in [-0.25, -0.2) is 4.39 Å². The molecule has 1 nitrogen and oxygen atoms in total. The van der Waals surface area contributed by atoms with Crippen LogP contribution in [-0.4, -0.2) is 0 Å². The van der Waals surface area contributed by atoms with Gasteiger partial charge in [-0.2, -0.15) is 0 Å². The number of hydrogen-bond acceptors (Lipinski definition) is 2. The molecule has 0 aliphatic heterocycles. The summed E-state index contributed by atoms with van der Waals surface area (Å²) in [7, 11) is 0. The number of nitrogens with two attached hydrogens (primary N) is 1. The van der Waals surface area contributed by atoms with E-state index in [0.717, 1.165) is 10.6 Å². The predicted octanol–water partition coefficient (Wildman–Crippen LogP) is 4.63. The molecule has 2 rings (SSSR count). The van der Waals surface area contributed by atoms with Crippen molar-refractivity contribution in [2.24, 2.45) is 0 Å². The number of rotatable bonds is 3. The number of benzene rings is 2. The Hall–Kier alpha value is -1.48. The lowest BCUT2D eigenvalue weighted by molar-refractivity contribution is 0.625. The molecule has 0 saturated carbocycles. The van der Waals surface area contributed by atoms with E-state index in [9.17, 15) is 4.39 Å². The van der Waals surface area contributed by atoms with Crippen molar-refractivity contribution in [1.82, 2.24) is 0 Å². The summed E-state index contributed by atoms with van der Waals surface area (Å²) >= 11 is 1.62. The van der Waals surface area contributed by atoms with Gasteiger partial charge in [-0.1, -0.05) is 17.7 Å². The van der Waals surface area contributed by atoms with Gasteiger partial charge >= 0.3 is 0 Å². The standard InChI is InChI=1S/C16H18FNS/c1-10-4-11(2)16(12(3)5-10)9-19-15-7-13(17)6-14(18)8-15/h4-8H,9,18H2,1-3H3. The highest BCUT2D eigenvalue weighted by Crippen LogP contribution is 2.28. The van der Waals surface area contributed by atoms with Crippen LogP contribution in [0.5, 0.6) is 0 Å². The minimum Gasteiger partial charge on any atom is -0.399 e. The second-order valence-electron chi connectivity index (χ2n) is 4.89. The van der Waals surface area contributed by atoms with E-state index in [1.165, 1.54) is 34.4 Å². The maximum Gasteiger partial charge on any atom is 0.126 e. The average molecular weight is 275 g/mol. The Bertz CT molecular complexity index is 564. The molecule has 0 radical (unpaired) electrons. The monoisotopic (exact) mass is 275 g/mol. The summed E-state index contributed by atoms with van der Waals surface area (Å²) in [5.41, 5.74) is 11.3. The normalized spacial score (nSPS) is 10.7. The van der Waals surface area contributed by atoms with Crippen molar-refractivity contribution in [1.29, 1.82) is 0 Å². The topological polar surface area (TPSA) is 26.0 Å². The van der Waals surface area contributed by atoms with E-state index in [2.05, 4.69) is 32.9 Å². The fourth-order valence-electron chi connectivity index (χ4n) is 2.26. The molecule has 2 aromatic rings. The molecular formula is C16H18FNS. The molecule has 3 heteroatoms. The van der Waals surface area contributed by atoms with E-state index in [1.54, 1.807) is 11.8 Å². The van der Waals surface area contributed by atoms with Crippen molar-refractivity contribution in [3.8, 4) is 0 Å². The van der Waals surface area contributed by atoms with E-state index in [0.29, 0.717) is 5.69 Å². The Labute approximate surface area is 118 Å². The Morgan fingerprint density at radius 3 is 2.21 bits per heavy atom. The molecule has 0 amide bonds. The highest BCUT2D eigenvalue weighted by atomic mass is 32.2. The molecule has 2 aromatic carbocycles. The van der Waals surface area contributed by atoms with Crippen LogP contribution in [0, 0.1) is 26.6 Å². The Kier molecular flexibility index (Phi) is 4.15. The molecule has 0 saturated heterocycles. The van der Waals surface area contributed by atoms with Gasteiger partial charge in [0.1, 0.15) is 5.82 Å². The van der Waals surface area contributed by atoms with Crippen LogP contribution in [0.15, 0.2) is 35.2 Å². The summed E-state index contributed by atoms with van der Waals surface area (Å²) in [5, 5.41) is 0. The minimum atomic E-state index is -0.278. The number of hydrogen-bond donors (Lipinski definition) is 1. The van der Waals surface area contributed by atoms with Crippen molar-refractivity contribution in [3.05, 3.63) is 58.4 Å². The molecule has 0 fully saturated rings. The smallest absolute Gasteiger partial charge is 0.126 e. The van der Waals surface area contributed by atoms with E-state index < -0.39 is 0 Å². The van der Waals surface area contributed by atoms with Gasteiger partial charge in [0.25, 0.3) is 0 Å². The molecule has 19 heavy (non-hydrogen) atoms. The van der Waals surface area contributed by atoms with E-state index in [1.807, 2.05) is 6.07 Å². The number of aryl methyl sites for hydroxylation is 3. The summed E-state index contributed by atoms with van der Waals surface area (Å²) in [6, 6.07) is 9.05. The molecule has 2 N–H and O–H groups in total. The quantitative estimate of drug-likeness (QED) is 0.653. The lowest BCUT2D eigenvalue weighted by Gasteiger charge is -2.11. The van der Waals surface area contributed by atoms with Crippen molar-refractivity contribution in [3.63, 3.8) is 0 Å². The minimum absolute atomic E-state index is 0.278. The first-order valence-electron chi connectivity index (χ1n) is 6.21. The molecule has 0 heterocycles. The lowest BCUT2D eigenvalue weighted by atomic mass is 10.0. The van der Waals surface area contributed by atoms with Gasteiger partial charge in [-0.3, -0.25) is 0 Å². The van der Waals surface area contributed by atoms with Gasteiger partial charge in [-0.05, 0) is 55.7 Å². The summed E-state index contributed by atoms with van der Waals surface area (Å²) < 4.78 is 13.3. The van der Waals surface area contributed by atoms with E-state index in [-0.39, 0.29) is 5.82 Å². The highest BCUT2D eigenvalue weighted by molar-refractivity contribution is 7.98. The second-order valence-corrected chi connectivity index (χ2v) is 5.93. The van der Waals surface area contributed by atoms with Crippen molar-refractivity contribution >= 4 is 17.4 Å². The van der Waals surface area contributed by atoms with Crippen molar-refractivity contribution in [2.45, 2.75) is 31.4 Å². The summed E-state index contributed by atoms with van der Waals surface area (Å²) in [5.74, 6) is 0.556. The van der Waals surface area contributed by atoms with Gasteiger partial charge in [-0.15, -0.1) is 11.8 Å². The molecule has 0 aliphatic rings. The van der Waals surface area contributed by atoms with Crippen LogP contribution >= 0.6 is 11.8 Å². The van der Waals surface area contributed by atoms with Crippen LogP contribution in [0.1, 0.15) is 22.3 Å². The maximum absolute atomic E-state index is 13.3. The largest absolute Gasteiger partial charge is 0.399 e. The number of thioether (sulfide) groups is 1. The fraction of sp³-hybridized carbons (Fsp3) is 0.250. The zero-order valence-electron chi connectivity index (χ0n) is 11.5. The third-order valence-electron chi connectivity index (χ3n) is 3.12. The Morgan fingerprint density at radius 1 is 1.00 bits per heavy atom. The summed E-state index contributed by atoms with van der Waals surface area (Å²) in [6.07, 6.45) is 0. The third-order valence-corrected chi connectivity index (χ3v) is 4.12. The molecule has 0 aliphatic carbocycles. The highest BCUT2D eigenvalue weighted by Gasteiger charge is 2.06. The molecule has 0 spiro atoms. The molecule has 100 valence electrons. The number of halogens is 1. The lowest BCUT2D eigenvalue weighted by Crippen LogP contribution is -1.93. The van der Waals surface area contributed by atoms with Gasteiger partial charge in [0.2, 0.25) is 0 Å². The molecular weight excluding hydrogens is 257 g/mol. The van der Waals surface area contributed by atoms with Crippen LogP contribution in [0.3, 0.4) is 0 Å². The molecule has 0 atom stereocenters. The Morgan fingerprint density at radius 2 is 1.63 bits per heavy atom. The van der Waals surface area contributed by atoms with Crippen LogP contribution in [0.4, 0.5) is 10.1 Å². The van der Waals surface area contributed by atoms with Crippen molar-refractivity contribution < 1.29 is 4.39 Å². The predicted molar refractivity (Wildman–Crippen MR) is 81.0 cm³/mol. The summed E-state index contributed by atoms with van der Waals surface area (Å²) in [4.78, 5) is 0.872. The van der Waals surface area contributed by atoms with E-state index >= 15 is 0 Å². The van der Waals surface area contributed by atoms with Crippen LogP contribution in [-0.2, 0) is 5.75 Å². The first kappa shape index (κ1) is 13.9. The van der Waals surface area contributed by atoms with Crippen molar-refractivity contribution in [2.75, 3.05) is 5.73 Å². The van der Waals surface area contributed by atoms with Crippen LogP contribution in [0.2, 0.25) is 0 Å². The molecule has 0 unspecified atom stereocenters. The van der Waals surface area contributed by atoms with Gasteiger partial charge < -0.3 is 5.73 Å². The Balaban J connectivity index is 2.19. The first-order valence-corrected chi connectivity index (χ1v) is 7.20. The molecule has 0 aromatic heterocycles. The fourth-order valence-corrected chi connectivity index (χ4v) is 3.44. The van der Waals surface area contributed by atoms with E-state index in [4.69, 9.17) is 5.73 Å². The average Bonchev–Trinajstić information content (AvgIpc) is 2.25. The zero-order chi connectivity index (χ0) is 14.0. The third kappa shape index (κ3) is 3.51. The number of nitrogen functional groups attached to an aromatic ring is 1. The van der Waals surface area contributed by atoms with Crippen LogP contribution < -0.4 is 5.73 Å². The first-order chi connectivity index (χ1) is 8.95. The van der Waals surface area contributed by atoms with Gasteiger partial charge in [0.15, 0.2) is 0 Å². The SMILES string of the molecule is Cc1cc(C)c(CSc2cc(N)cc(F)c2)c(C)c1. The van der Waals surface area contributed by atoms with Gasteiger partial charge in [0, 0.05) is 16.3 Å². The number of anilines is 1. The second kappa shape index (κ2) is 5.66.